The first-order valence-corrected chi connectivity index (χ1v) is 9.08. The summed E-state index contributed by atoms with van der Waals surface area (Å²) in [6.45, 7) is 3.53. The highest BCUT2D eigenvalue weighted by molar-refractivity contribution is 7.10. The number of hydrogen-bond donors (Lipinski definition) is 2. The minimum absolute atomic E-state index is 0.00103. The molecule has 1 saturated heterocycles. The average molecular weight is 337 g/mol. The fourth-order valence-corrected chi connectivity index (χ4v) is 4.56. The molecule has 0 spiro atoms. The molecule has 0 radical (unpaired) electrons. The monoisotopic (exact) mass is 337 g/mol. The predicted octanol–water partition coefficient (Wildman–Crippen LogP) is 2.40. The average Bonchev–Trinajstić information content (AvgIpc) is 3.22. The van der Waals surface area contributed by atoms with E-state index in [4.69, 9.17) is 4.74 Å². The van der Waals surface area contributed by atoms with E-state index in [1.54, 1.807) is 11.3 Å². The Hall–Kier alpha value is -1.40. The maximum absolute atomic E-state index is 12.3. The fraction of sp³-hybridized carbons (Fsp3) is 0.647. The second-order valence-electron chi connectivity index (χ2n) is 6.56. The maximum Gasteiger partial charge on any atom is 0.308 e. The van der Waals surface area contributed by atoms with Gasteiger partial charge in [0, 0.05) is 36.5 Å². The molecular formula is C17H23NO4S. The molecule has 1 aliphatic heterocycles. The van der Waals surface area contributed by atoms with Crippen LogP contribution >= 0.6 is 11.3 Å². The lowest BCUT2D eigenvalue weighted by Gasteiger charge is -2.27. The summed E-state index contributed by atoms with van der Waals surface area (Å²) in [5.41, 5.74) is 1.25. The van der Waals surface area contributed by atoms with Crippen LogP contribution in [0.15, 0.2) is 11.4 Å². The third-order valence-electron chi connectivity index (χ3n) is 5.01. The zero-order chi connectivity index (χ0) is 16.4. The number of carbonyl (C=O) groups excluding carboxylic acids is 1. The molecule has 2 heterocycles. The van der Waals surface area contributed by atoms with Crippen LogP contribution in [-0.2, 0) is 14.3 Å². The van der Waals surface area contributed by atoms with E-state index in [9.17, 15) is 14.7 Å². The van der Waals surface area contributed by atoms with Crippen LogP contribution in [0.4, 0.5) is 0 Å². The summed E-state index contributed by atoms with van der Waals surface area (Å²) in [6.07, 6.45) is 2.39. The van der Waals surface area contributed by atoms with Crippen molar-refractivity contribution in [3.05, 3.63) is 21.9 Å². The van der Waals surface area contributed by atoms with E-state index in [2.05, 4.69) is 23.7 Å². The molecule has 3 unspecified atom stereocenters. The van der Waals surface area contributed by atoms with Gasteiger partial charge in [-0.3, -0.25) is 9.59 Å². The standard InChI is InChI=1S/C17H23NO4S/c1-10-4-7-23-15(10)12-8-13(12)16(19)18-9-14(17(20)21)11-2-5-22-6-3-11/h4,7,11-14H,2-3,5-6,8-9H2,1H3,(H,18,19)(H,20,21). The number of ether oxygens (including phenoxy) is 1. The molecule has 5 nitrogen and oxygen atoms in total. The molecule has 23 heavy (non-hydrogen) atoms. The summed E-state index contributed by atoms with van der Waals surface area (Å²) < 4.78 is 5.29. The van der Waals surface area contributed by atoms with Crippen LogP contribution in [0.5, 0.6) is 0 Å². The Morgan fingerprint density at radius 2 is 2.17 bits per heavy atom. The second-order valence-corrected chi connectivity index (χ2v) is 7.50. The highest BCUT2D eigenvalue weighted by Gasteiger charge is 2.45. The number of amides is 1. The van der Waals surface area contributed by atoms with E-state index < -0.39 is 11.9 Å². The van der Waals surface area contributed by atoms with Crippen LogP contribution in [0.1, 0.15) is 35.6 Å². The Morgan fingerprint density at radius 3 is 2.78 bits per heavy atom. The summed E-state index contributed by atoms with van der Waals surface area (Å²) in [4.78, 5) is 25.1. The van der Waals surface area contributed by atoms with Crippen molar-refractivity contribution in [2.45, 2.75) is 32.1 Å². The first kappa shape index (κ1) is 16.5. The summed E-state index contributed by atoms with van der Waals surface area (Å²) in [6, 6.07) is 2.08. The SMILES string of the molecule is Cc1ccsc1C1CC1C(=O)NCC(C(=O)O)C1CCOCC1. The van der Waals surface area contributed by atoms with Gasteiger partial charge in [0.15, 0.2) is 0 Å². The normalized spacial score (nSPS) is 25.8. The van der Waals surface area contributed by atoms with Gasteiger partial charge in [0.2, 0.25) is 5.91 Å². The van der Waals surface area contributed by atoms with Crippen LogP contribution in [0.3, 0.4) is 0 Å². The fourth-order valence-electron chi connectivity index (χ4n) is 3.45. The minimum atomic E-state index is -0.821. The Morgan fingerprint density at radius 1 is 1.43 bits per heavy atom. The van der Waals surface area contributed by atoms with Gasteiger partial charge in [0.05, 0.1) is 5.92 Å². The number of carbonyl (C=O) groups is 2. The van der Waals surface area contributed by atoms with Gasteiger partial charge < -0.3 is 15.2 Å². The van der Waals surface area contributed by atoms with Gasteiger partial charge in [0.25, 0.3) is 0 Å². The quantitative estimate of drug-likeness (QED) is 0.836. The zero-order valence-electron chi connectivity index (χ0n) is 13.3. The molecule has 2 N–H and O–H groups in total. The molecular weight excluding hydrogens is 314 g/mol. The highest BCUT2D eigenvalue weighted by atomic mass is 32.1. The Balaban J connectivity index is 1.52. The first-order chi connectivity index (χ1) is 11.1. The molecule has 1 aromatic heterocycles. The number of carboxylic acids is 1. The molecule has 1 amide bonds. The number of carboxylic acid groups (broad SMARTS) is 1. The van der Waals surface area contributed by atoms with E-state index in [-0.39, 0.29) is 24.3 Å². The molecule has 1 aliphatic carbocycles. The summed E-state index contributed by atoms with van der Waals surface area (Å²) >= 11 is 1.71. The first-order valence-electron chi connectivity index (χ1n) is 8.20. The highest BCUT2D eigenvalue weighted by Crippen LogP contribution is 2.50. The van der Waals surface area contributed by atoms with Gasteiger partial charge in [-0.25, -0.2) is 0 Å². The number of aliphatic carboxylic acids is 1. The maximum atomic E-state index is 12.3. The smallest absolute Gasteiger partial charge is 0.308 e. The van der Waals surface area contributed by atoms with Crippen LogP contribution in [0, 0.1) is 24.7 Å². The van der Waals surface area contributed by atoms with Crippen molar-refractivity contribution < 1.29 is 19.4 Å². The van der Waals surface area contributed by atoms with Crippen LogP contribution in [-0.4, -0.2) is 36.7 Å². The summed E-state index contributed by atoms with van der Waals surface area (Å²) in [5.74, 6) is -0.905. The molecule has 0 aromatic carbocycles. The third kappa shape index (κ3) is 3.75. The molecule has 2 aliphatic rings. The number of thiophene rings is 1. The van der Waals surface area contributed by atoms with Crippen molar-refractivity contribution in [1.29, 1.82) is 0 Å². The van der Waals surface area contributed by atoms with Crippen molar-refractivity contribution >= 4 is 23.2 Å². The predicted molar refractivity (Wildman–Crippen MR) is 87.6 cm³/mol. The van der Waals surface area contributed by atoms with Crippen molar-refractivity contribution in [1.82, 2.24) is 5.32 Å². The molecule has 3 rings (SSSR count). The van der Waals surface area contributed by atoms with E-state index in [0.29, 0.717) is 19.1 Å². The van der Waals surface area contributed by atoms with Crippen molar-refractivity contribution in [2.75, 3.05) is 19.8 Å². The van der Waals surface area contributed by atoms with Crippen molar-refractivity contribution in [2.24, 2.45) is 17.8 Å². The van der Waals surface area contributed by atoms with Gasteiger partial charge in [-0.05, 0) is 49.1 Å². The Bertz CT molecular complexity index is 579. The van der Waals surface area contributed by atoms with Gasteiger partial charge in [-0.1, -0.05) is 0 Å². The summed E-state index contributed by atoms with van der Waals surface area (Å²) in [5, 5.41) is 14.4. The number of aryl methyl sites for hydroxylation is 1. The van der Waals surface area contributed by atoms with E-state index in [1.165, 1.54) is 10.4 Å². The molecule has 3 atom stereocenters. The van der Waals surface area contributed by atoms with Gasteiger partial charge >= 0.3 is 5.97 Å². The largest absolute Gasteiger partial charge is 0.481 e. The number of rotatable bonds is 6. The lowest BCUT2D eigenvalue weighted by molar-refractivity contribution is -0.145. The number of hydrogen-bond acceptors (Lipinski definition) is 4. The lowest BCUT2D eigenvalue weighted by Crippen LogP contribution is -2.39. The molecule has 6 heteroatoms. The van der Waals surface area contributed by atoms with Gasteiger partial charge in [-0.2, -0.15) is 0 Å². The van der Waals surface area contributed by atoms with Crippen LogP contribution < -0.4 is 5.32 Å². The molecule has 0 bridgehead atoms. The topological polar surface area (TPSA) is 75.6 Å². The van der Waals surface area contributed by atoms with E-state index in [0.717, 1.165) is 19.3 Å². The van der Waals surface area contributed by atoms with Crippen molar-refractivity contribution in [3.8, 4) is 0 Å². The second kappa shape index (κ2) is 7.01. The van der Waals surface area contributed by atoms with Gasteiger partial charge in [-0.15, -0.1) is 11.3 Å². The molecule has 126 valence electrons. The Kier molecular flexibility index (Phi) is 5.02. The summed E-state index contributed by atoms with van der Waals surface area (Å²) in [7, 11) is 0. The zero-order valence-corrected chi connectivity index (χ0v) is 14.1. The van der Waals surface area contributed by atoms with Crippen LogP contribution in [0.2, 0.25) is 0 Å². The lowest BCUT2D eigenvalue weighted by atomic mass is 9.86. The minimum Gasteiger partial charge on any atom is -0.481 e. The molecule has 1 aromatic rings. The molecule has 1 saturated carbocycles. The van der Waals surface area contributed by atoms with Crippen LogP contribution in [0.25, 0.3) is 0 Å². The third-order valence-corrected chi connectivity index (χ3v) is 6.16. The number of nitrogens with one attached hydrogen (secondary N) is 1. The Labute approximate surface area is 140 Å². The van der Waals surface area contributed by atoms with E-state index >= 15 is 0 Å². The van der Waals surface area contributed by atoms with Gasteiger partial charge in [0.1, 0.15) is 0 Å². The van der Waals surface area contributed by atoms with E-state index in [1.807, 2.05) is 0 Å². The van der Waals surface area contributed by atoms with Crippen molar-refractivity contribution in [3.63, 3.8) is 0 Å². The molecule has 2 fully saturated rings.